The molecule has 3 N–H and O–H groups in total. The lowest BCUT2D eigenvalue weighted by Crippen LogP contribution is -2.47. The first kappa shape index (κ1) is 13.2. The zero-order valence-electron chi connectivity index (χ0n) is 10.8. The van der Waals surface area contributed by atoms with E-state index in [1.165, 1.54) is 25.7 Å². The van der Waals surface area contributed by atoms with Gasteiger partial charge in [-0.1, -0.05) is 6.92 Å². The number of aliphatic carboxylic acids is 1. The molecule has 2 fully saturated rings. The maximum atomic E-state index is 11.6. The fraction of sp³-hybridized carbons (Fsp3) is 0.846. The van der Waals surface area contributed by atoms with Crippen LogP contribution in [0.15, 0.2) is 0 Å². The Hall–Kier alpha value is -1.26. The molecule has 1 atom stereocenters. The summed E-state index contributed by atoms with van der Waals surface area (Å²) in [5, 5.41) is 14.2. The Bertz CT molecular complexity index is 312. The van der Waals surface area contributed by atoms with Crippen LogP contribution in [-0.2, 0) is 4.79 Å². The number of rotatable bonds is 7. The van der Waals surface area contributed by atoms with Crippen LogP contribution in [0.3, 0.4) is 0 Å². The van der Waals surface area contributed by atoms with E-state index in [4.69, 9.17) is 5.11 Å². The van der Waals surface area contributed by atoms with Crippen LogP contribution < -0.4 is 10.6 Å². The second-order valence-corrected chi connectivity index (χ2v) is 5.49. The Balaban J connectivity index is 1.71. The van der Waals surface area contributed by atoms with E-state index in [0.29, 0.717) is 18.9 Å². The number of carboxylic acid groups (broad SMARTS) is 1. The first-order valence-electron chi connectivity index (χ1n) is 6.89. The number of carbonyl (C=O) groups is 2. The van der Waals surface area contributed by atoms with Gasteiger partial charge in [-0.2, -0.15) is 0 Å². The average Bonchev–Trinajstić information content (AvgIpc) is 3.16. The molecule has 2 aliphatic carbocycles. The lowest BCUT2D eigenvalue weighted by molar-refractivity contribution is -0.139. The Morgan fingerprint density at radius 3 is 2.17 bits per heavy atom. The van der Waals surface area contributed by atoms with Crippen LogP contribution >= 0.6 is 0 Å². The molecule has 0 heterocycles. The molecule has 2 aliphatic rings. The van der Waals surface area contributed by atoms with Crippen LogP contribution in [0, 0.1) is 17.8 Å². The van der Waals surface area contributed by atoms with Crippen molar-refractivity contribution in [3.63, 3.8) is 0 Å². The number of hydrogen-bond donors (Lipinski definition) is 3. The highest BCUT2D eigenvalue weighted by molar-refractivity contribution is 5.82. The van der Waals surface area contributed by atoms with E-state index in [-0.39, 0.29) is 6.03 Å². The summed E-state index contributed by atoms with van der Waals surface area (Å²) >= 11 is 0. The van der Waals surface area contributed by atoms with Crippen molar-refractivity contribution < 1.29 is 14.7 Å². The van der Waals surface area contributed by atoms with Crippen molar-refractivity contribution in [1.82, 2.24) is 10.6 Å². The lowest BCUT2D eigenvalue weighted by Gasteiger charge is -2.18. The topological polar surface area (TPSA) is 78.4 Å². The molecule has 2 rings (SSSR count). The molecule has 0 radical (unpaired) electrons. The molecular formula is C13H22N2O3. The predicted molar refractivity (Wildman–Crippen MR) is 67.2 cm³/mol. The first-order valence-corrected chi connectivity index (χ1v) is 6.89. The highest BCUT2D eigenvalue weighted by Crippen LogP contribution is 2.48. The van der Waals surface area contributed by atoms with Gasteiger partial charge in [0.1, 0.15) is 6.04 Å². The Morgan fingerprint density at radius 2 is 1.78 bits per heavy atom. The number of carboxylic acids is 1. The third-order valence-electron chi connectivity index (χ3n) is 3.97. The molecule has 0 aliphatic heterocycles. The van der Waals surface area contributed by atoms with Crippen molar-refractivity contribution in [2.45, 2.75) is 45.1 Å². The molecule has 0 aromatic heterocycles. The number of urea groups is 1. The molecule has 102 valence electrons. The summed E-state index contributed by atoms with van der Waals surface area (Å²) in [6.45, 7) is 2.44. The van der Waals surface area contributed by atoms with Crippen molar-refractivity contribution >= 4 is 12.0 Å². The maximum absolute atomic E-state index is 11.6. The van der Waals surface area contributed by atoms with Gasteiger partial charge in [0.25, 0.3) is 0 Å². The summed E-state index contributed by atoms with van der Waals surface area (Å²) in [5.41, 5.74) is 0. The summed E-state index contributed by atoms with van der Waals surface area (Å²) in [5.74, 6) is 1.22. The van der Waals surface area contributed by atoms with Crippen LogP contribution in [0.4, 0.5) is 4.79 Å². The van der Waals surface area contributed by atoms with Gasteiger partial charge in [-0.3, -0.25) is 0 Å². The first-order chi connectivity index (χ1) is 8.61. The van der Waals surface area contributed by atoms with Gasteiger partial charge in [0.15, 0.2) is 0 Å². The summed E-state index contributed by atoms with van der Waals surface area (Å²) in [6, 6.07) is -1.14. The number of amides is 2. The molecule has 0 saturated heterocycles. The molecule has 2 saturated carbocycles. The molecule has 18 heavy (non-hydrogen) atoms. The van der Waals surface area contributed by atoms with Crippen molar-refractivity contribution in [3.8, 4) is 0 Å². The fourth-order valence-electron chi connectivity index (χ4n) is 2.53. The lowest BCUT2D eigenvalue weighted by atomic mass is 9.98. The van der Waals surface area contributed by atoms with Gasteiger partial charge in [0, 0.05) is 6.54 Å². The van der Waals surface area contributed by atoms with Crippen LogP contribution in [0.2, 0.25) is 0 Å². The molecule has 0 unspecified atom stereocenters. The molecule has 0 aromatic carbocycles. The Morgan fingerprint density at radius 1 is 1.22 bits per heavy atom. The minimum absolute atomic E-state index is 0.351. The van der Waals surface area contributed by atoms with Crippen LogP contribution in [0.1, 0.15) is 39.0 Å². The van der Waals surface area contributed by atoms with Gasteiger partial charge < -0.3 is 15.7 Å². The van der Waals surface area contributed by atoms with E-state index in [1.54, 1.807) is 6.92 Å². The molecular weight excluding hydrogens is 232 g/mol. The van der Waals surface area contributed by atoms with Crippen LogP contribution in [0.25, 0.3) is 0 Å². The predicted octanol–water partition coefficient (Wildman–Crippen LogP) is 1.58. The van der Waals surface area contributed by atoms with Crippen LogP contribution in [0.5, 0.6) is 0 Å². The van der Waals surface area contributed by atoms with Crippen molar-refractivity contribution in [3.05, 3.63) is 0 Å². The smallest absolute Gasteiger partial charge is 0.326 e. The third kappa shape index (κ3) is 3.62. The largest absolute Gasteiger partial charge is 0.480 e. The molecule has 0 bridgehead atoms. The van der Waals surface area contributed by atoms with E-state index in [0.717, 1.165) is 11.8 Å². The average molecular weight is 254 g/mol. The monoisotopic (exact) mass is 254 g/mol. The fourth-order valence-corrected chi connectivity index (χ4v) is 2.53. The van der Waals surface area contributed by atoms with E-state index >= 15 is 0 Å². The van der Waals surface area contributed by atoms with Gasteiger partial charge >= 0.3 is 12.0 Å². The number of hydrogen-bond acceptors (Lipinski definition) is 2. The van der Waals surface area contributed by atoms with E-state index in [1.807, 2.05) is 0 Å². The minimum Gasteiger partial charge on any atom is -0.480 e. The second-order valence-electron chi connectivity index (χ2n) is 5.49. The van der Waals surface area contributed by atoms with Gasteiger partial charge in [-0.15, -0.1) is 0 Å². The zero-order valence-corrected chi connectivity index (χ0v) is 10.8. The van der Waals surface area contributed by atoms with Gasteiger partial charge in [-0.05, 0) is 49.9 Å². The normalized spacial score (nSPS) is 20.6. The van der Waals surface area contributed by atoms with Gasteiger partial charge in [0.2, 0.25) is 0 Å². The molecule has 0 aromatic rings. The molecule has 2 amide bonds. The number of carbonyl (C=O) groups excluding carboxylic acids is 1. The summed E-state index contributed by atoms with van der Waals surface area (Å²) in [6.07, 6.45) is 5.56. The highest BCUT2D eigenvalue weighted by atomic mass is 16.4. The van der Waals surface area contributed by atoms with E-state index in [9.17, 15) is 9.59 Å². The van der Waals surface area contributed by atoms with Gasteiger partial charge in [0.05, 0.1) is 0 Å². The van der Waals surface area contributed by atoms with Crippen molar-refractivity contribution in [1.29, 1.82) is 0 Å². The second kappa shape index (κ2) is 5.59. The van der Waals surface area contributed by atoms with Crippen molar-refractivity contribution in [2.24, 2.45) is 17.8 Å². The summed E-state index contributed by atoms with van der Waals surface area (Å²) < 4.78 is 0. The standard InChI is InChI=1S/C13H22N2O3/c1-2-11(12(16)17)15-13(18)14-7-10(8-3-4-8)9-5-6-9/h8-11H,2-7H2,1H3,(H,16,17)(H2,14,15,18)/t11-/m0/s1. The SMILES string of the molecule is CC[C@H](NC(=O)NCC(C1CC1)C1CC1)C(=O)O. The Labute approximate surface area is 107 Å². The molecule has 0 spiro atoms. The van der Waals surface area contributed by atoms with E-state index in [2.05, 4.69) is 10.6 Å². The van der Waals surface area contributed by atoms with Crippen molar-refractivity contribution in [2.75, 3.05) is 6.54 Å². The maximum Gasteiger partial charge on any atom is 0.326 e. The summed E-state index contributed by atoms with van der Waals surface area (Å²) in [7, 11) is 0. The zero-order chi connectivity index (χ0) is 13.1. The molecule has 5 nitrogen and oxygen atoms in total. The summed E-state index contributed by atoms with van der Waals surface area (Å²) in [4.78, 5) is 22.4. The third-order valence-corrected chi connectivity index (χ3v) is 3.97. The highest BCUT2D eigenvalue weighted by Gasteiger charge is 2.41. The Kier molecular flexibility index (Phi) is 4.09. The minimum atomic E-state index is -0.978. The van der Waals surface area contributed by atoms with E-state index < -0.39 is 12.0 Å². The van der Waals surface area contributed by atoms with Crippen LogP contribution in [-0.4, -0.2) is 29.7 Å². The molecule has 5 heteroatoms. The van der Waals surface area contributed by atoms with Gasteiger partial charge in [-0.25, -0.2) is 9.59 Å². The number of nitrogens with one attached hydrogen (secondary N) is 2. The quantitative estimate of drug-likeness (QED) is 0.645.